The van der Waals surface area contributed by atoms with Crippen LogP contribution in [0.25, 0.3) is 11.0 Å². The molecule has 2 aromatic rings. The largest absolute Gasteiger partial charge is 0.368 e. The minimum Gasteiger partial charge on any atom is -0.368 e. The molecule has 1 aliphatic rings. The van der Waals surface area contributed by atoms with Crippen molar-refractivity contribution < 1.29 is 0 Å². The van der Waals surface area contributed by atoms with E-state index in [1.54, 1.807) is 10.6 Å². The average molecular weight is 323 g/mol. The van der Waals surface area contributed by atoms with E-state index >= 15 is 0 Å². The molecule has 0 amide bonds. The molecule has 0 bridgehead atoms. The molecular formula is C13H15BrN4O. The van der Waals surface area contributed by atoms with Crippen LogP contribution in [-0.2, 0) is 0 Å². The van der Waals surface area contributed by atoms with E-state index in [0.717, 1.165) is 36.8 Å². The van der Waals surface area contributed by atoms with Crippen molar-refractivity contribution in [1.82, 2.24) is 14.5 Å². The van der Waals surface area contributed by atoms with Crippen molar-refractivity contribution in [2.75, 3.05) is 5.73 Å². The van der Waals surface area contributed by atoms with Gasteiger partial charge in [0.2, 0.25) is 5.95 Å². The molecule has 2 N–H and O–H groups in total. The second kappa shape index (κ2) is 4.59. The molecule has 1 saturated carbocycles. The van der Waals surface area contributed by atoms with Crippen molar-refractivity contribution >= 4 is 32.9 Å². The highest BCUT2D eigenvalue weighted by Gasteiger charge is 2.22. The summed E-state index contributed by atoms with van der Waals surface area (Å²) in [4.78, 5) is 20.9. The summed E-state index contributed by atoms with van der Waals surface area (Å²) < 4.78 is 2.35. The van der Waals surface area contributed by atoms with Crippen LogP contribution < -0.4 is 11.3 Å². The summed E-state index contributed by atoms with van der Waals surface area (Å²) in [5.74, 6) is 0.221. The first-order valence-corrected chi connectivity index (χ1v) is 7.22. The highest BCUT2D eigenvalue weighted by Crippen LogP contribution is 2.31. The Kier molecular flexibility index (Phi) is 3.05. The molecule has 2 aromatic heterocycles. The topological polar surface area (TPSA) is 73.8 Å². The van der Waals surface area contributed by atoms with Gasteiger partial charge in [0.1, 0.15) is 5.65 Å². The van der Waals surface area contributed by atoms with Gasteiger partial charge in [0.15, 0.2) is 0 Å². The van der Waals surface area contributed by atoms with E-state index in [4.69, 9.17) is 5.73 Å². The van der Waals surface area contributed by atoms with Crippen LogP contribution in [0.5, 0.6) is 0 Å². The van der Waals surface area contributed by atoms with Gasteiger partial charge in [-0.3, -0.25) is 9.36 Å². The maximum Gasteiger partial charge on any atom is 0.266 e. The second-order valence-corrected chi connectivity index (χ2v) is 5.86. The van der Waals surface area contributed by atoms with E-state index in [0.29, 0.717) is 10.1 Å². The maximum absolute atomic E-state index is 12.4. The molecule has 19 heavy (non-hydrogen) atoms. The van der Waals surface area contributed by atoms with Gasteiger partial charge in [-0.05, 0) is 41.8 Å². The lowest BCUT2D eigenvalue weighted by Crippen LogP contribution is -2.25. The zero-order chi connectivity index (χ0) is 13.6. The van der Waals surface area contributed by atoms with Crippen molar-refractivity contribution in [2.24, 2.45) is 0 Å². The van der Waals surface area contributed by atoms with E-state index in [-0.39, 0.29) is 17.5 Å². The maximum atomic E-state index is 12.4. The Hall–Kier alpha value is -1.43. The van der Waals surface area contributed by atoms with Gasteiger partial charge in [-0.25, -0.2) is 4.98 Å². The molecule has 0 aromatic carbocycles. The average Bonchev–Trinajstić information content (AvgIpc) is 2.85. The SMILES string of the molecule is Cc1nc(N)nc2c1cc(Br)c(=O)n2C1CCCC1. The number of rotatable bonds is 1. The van der Waals surface area contributed by atoms with Crippen LogP contribution >= 0.6 is 15.9 Å². The van der Waals surface area contributed by atoms with E-state index < -0.39 is 0 Å². The summed E-state index contributed by atoms with van der Waals surface area (Å²) in [5.41, 5.74) is 7.16. The van der Waals surface area contributed by atoms with Crippen LogP contribution in [0, 0.1) is 6.92 Å². The van der Waals surface area contributed by atoms with Gasteiger partial charge in [0, 0.05) is 11.4 Å². The number of nitrogen functional groups attached to an aromatic ring is 1. The number of pyridine rings is 1. The highest BCUT2D eigenvalue weighted by atomic mass is 79.9. The quantitative estimate of drug-likeness (QED) is 0.875. The Balaban J connectivity index is 2.39. The van der Waals surface area contributed by atoms with E-state index in [1.807, 2.05) is 6.92 Å². The molecule has 0 radical (unpaired) electrons. The number of hydrogen-bond donors (Lipinski definition) is 1. The van der Waals surface area contributed by atoms with Gasteiger partial charge in [0.25, 0.3) is 5.56 Å². The standard InChI is InChI=1S/C13H15BrN4O/c1-7-9-6-10(14)12(19)18(8-4-2-3-5-8)11(9)17-13(15)16-7/h6,8H,2-5H2,1H3,(H2,15,16,17). The van der Waals surface area contributed by atoms with E-state index in [9.17, 15) is 4.79 Å². The molecule has 1 fully saturated rings. The smallest absolute Gasteiger partial charge is 0.266 e. The van der Waals surface area contributed by atoms with E-state index in [2.05, 4.69) is 25.9 Å². The Morgan fingerprint density at radius 1 is 1.37 bits per heavy atom. The fraction of sp³-hybridized carbons (Fsp3) is 0.462. The molecule has 6 heteroatoms. The first-order valence-electron chi connectivity index (χ1n) is 6.43. The van der Waals surface area contributed by atoms with Crippen molar-refractivity contribution in [3.8, 4) is 0 Å². The van der Waals surface area contributed by atoms with Gasteiger partial charge >= 0.3 is 0 Å². The van der Waals surface area contributed by atoms with Gasteiger partial charge in [0.05, 0.1) is 10.2 Å². The van der Waals surface area contributed by atoms with Crippen LogP contribution in [0.2, 0.25) is 0 Å². The number of fused-ring (bicyclic) bond motifs is 1. The summed E-state index contributed by atoms with van der Waals surface area (Å²) in [6, 6.07) is 2.01. The third kappa shape index (κ3) is 2.04. The van der Waals surface area contributed by atoms with Crippen LogP contribution in [0.1, 0.15) is 37.4 Å². The third-order valence-electron chi connectivity index (χ3n) is 3.75. The number of halogens is 1. The number of nitrogens with two attached hydrogens (primary N) is 1. The minimum absolute atomic E-state index is 0.0306. The molecule has 0 aliphatic heterocycles. The molecule has 100 valence electrons. The van der Waals surface area contributed by atoms with Crippen molar-refractivity contribution in [1.29, 1.82) is 0 Å². The predicted molar refractivity (Wildman–Crippen MR) is 78.2 cm³/mol. The lowest BCUT2D eigenvalue weighted by molar-refractivity contribution is 0.514. The number of hydrogen-bond acceptors (Lipinski definition) is 4. The number of nitrogens with zero attached hydrogens (tertiary/aromatic N) is 3. The summed E-state index contributed by atoms with van der Waals surface area (Å²) >= 11 is 3.35. The normalized spacial score (nSPS) is 16.3. The zero-order valence-corrected chi connectivity index (χ0v) is 12.3. The van der Waals surface area contributed by atoms with Crippen LogP contribution in [0.4, 0.5) is 5.95 Å². The van der Waals surface area contributed by atoms with Crippen LogP contribution in [0.15, 0.2) is 15.3 Å². The second-order valence-electron chi connectivity index (χ2n) is 5.01. The molecular weight excluding hydrogens is 308 g/mol. The first kappa shape index (κ1) is 12.6. The summed E-state index contributed by atoms with van der Waals surface area (Å²) in [5, 5.41) is 0.882. The summed E-state index contributed by atoms with van der Waals surface area (Å²) in [7, 11) is 0. The number of anilines is 1. The van der Waals surface area contributed by atoms with Crippen molar-refractivity contribution in [3.05, 3.63) is 26.6 Å². The highest BCUT2D eigenvalue weighted by molar-refractivity contribution is 9.10. The van der Waals surface area contributed by atoms with E-state index in [1.165, 1.54) is 0 Å². The van der Waals surface area contributed by atoms with Gasteiger partial charge in [-0.1, -0.05) is 12.8 Å². The van der Waals surface area contributed by atoms with Crippen LogP contribution in [-0.4, -0.2) is 14.5 Å². The fourth-order valence-corrected chi connectivity index (χ4v) is 3.26. The molecule has 0 atom stereocenters. The molecule has 0 unspecified atom stereocenters. The monoisotopic (exact) mass is 322 g/mol. The third-order valence-corrected chi connectivity index (χ3v) is 4.31. The predicted octanol–water partition coefficient (Wildman–Crippen LogP) is 2.56. The Labute approximate surface area is 119 Å². The molecule has 3 rings (SSSR count). The Bertz CT molecular complexity index is 704. The van der Waals surface area contributed by atoms with Gasteiger partial charge in [-0.15, -0.1) is 0 Å². The number of aromatic nitrogens is 3. The van der Waals surface area contributed by atoms with Gasteiger partial charge < -0.3 is 5.73 Å². The Morgan fingerprint density at radius 3 is 2.74 bits per heavy atom. The van der Waals surface area contributed by atoms with Gasteiger partial charge in [-0.2, -0.15) is 4.98 Å². The lowest BCUT2D eigenvalue weighted by Gasteiger charge is -2.17. The Morgan fingerprint density at radius 2 is 2.05 bits per heavy atom. The molecule has 2 heterocycles. The lowest BCUT2D eigenvalue weighted by atomic mass is 10.2. The number of aryl methyl sites for hydroxylation is 1. The molecule has 1 aliphatic carbocycles. The summed E-state index contributed by atoms with van der Waals surface area (Å²) in [6.45, 7) is 1.89. The molecule has 0 saturated heterocycles. The van der Waals surface area contributed by atoms with Crippen LogP contribution in [0.3, 0.4) is 0 Å². The van der Waals surface area contributed by atoms with Crippen molar-refractivity contribution in [2.45, 2.75) is 38.6 Å². The molecule has 5 nitrogen and oxygen atoms in total. The molecule has 0 spiro atoms. The zero-order valence-electron chi connectivity index (χ0n) is 10.7. The minimum atomic E-state index is -0.0306. The fourth-order valence-electron chi connectivity index (χ4n) is 2.84. The first-order chi connectivity index (χ1) is 9.08. The van der Waals surface area contributed by atoms with Crippen molar-refractivity contribution in [3.63, 3.8) is 0 Å². The summed E-state index contributed by atoms with van der Waals surface area (Å²) in [6.07, 6.45) is 4.36.